The molecule has 6 nitrogen and oxygen atoms in total. The number of hydrogen-bond acceptors (Lipinski definition) is 5. The van der Waals surface area contributed by atoms with Crippen LogP contribution in [0.15, 0.2) is 35.7 Å². The van der Waals surface area contributed by atoms with E-state index in [1.165, 1.54) is 25.1 Å². The predicted molar refractivity (Wildman–Crippen MR) is 109 cm³/mol. The van der Waals surface area contributed by atoms with Crippen LogP contribution >= 0.6 is 0 Å². The van der Waals surface area contributed by atoms with Gasteiger partial charge < -0.3 is 4.90 Å². The monoisotopic (exact) mass is 384 g/mol. The highest BCUT2D eigenvalue weighted by atomic mass is 19.1. The van der Waals surface area contributed by atoms with Crippen LogP contribution in [-0.4, -0.2) is 57.0 Å². The summed E-state index contributed by atoms with van der Waals surface area (Å²) < 4.78 is 15.5. The Labute approximate surface area is 166 Å². The largest absolute Gasteiger partial charge is 0.301 e. The number of anilines is 1. The summed E-state index contributed by atoms with van der Waals surface area (Å²) in [6, 6.07) is 4.37. The Kier molecular flexibility index (Phi) is 5.71. The van der Waals surface area contributed by atoms with Gasteiger partial charge in [-0.15, -0.1) is 0 Å². The Morgan fingerprint density at radius 2 is 1.93 bits per heavy atom. The third-order valence-corrected chi connectivity index (χ3v) is 6.04. The summed E-state index contributed by atoms with van der Waals surface area (Å²) in [7, 11) is 0. The number of halogens is 1. The molecule has 7 heteroatoms. The van der Waals surface area contributed by atoms with Gasteiger partial charge in [0, 0.05) is 43.7 Å². The fourth-order valence-corrected chi connectivity index (χ4v) is 4.57. The van der Waals surface area contributed by atoms with Crippen LogP contribution in [0.2, 0.25) is 0 Å². The minimum Gasteiger partial charge on any atom is -0.301 e. The van der Waals surface area contributed by atoms with Crippen LogP contribution in [0.4, 0.5) is 10.1 Å². The van der Waals surface area contributed by atoms with Gasteiger partial charge in [-0.25, -0.2) is 14.6 Å². The lowest BCUT2D eigenvalue weighted by Gasteiger charge is -2.35. The lowest BCUT2D eigenvalue weighted by atomic mass is 9.90. The molecular formula is C21H29FN6. The first-order valence-electron chi connectivity index (χ1n) is 10.4. The van der Waals surface area contributed by atoms with Crippen molar-refractivity contribution in [2.45, 2.75) is 58.0 Å². The minimum absolute atomic E-state index is 0.386. The molecule has 1 fully saturated rings. The van der Waals surface area contributed by atoms with Crippen LogP contribution in [0, 0.1) is 5.95 Å². The molecule has 150 valence electrons. The van der Waals surface area contributed by atoms with Crippen molar-refractivity contribution in [2.24, 2.45) is 4.99 Å². The Balaban J connectivity index is 1.49. The van der Waals surface area contributed by atoms with Crippen LogP contribution in [0.25, 0.3) is 0 Å². The second kappa shape index (κ2) is 8.39. The van der Waals surface area contributed by atoms with Crippen LogP contribution in [-0.2, 0) is 0 Å². The van der Waals surface area contributed by atoms with Crippen molar-refractivity contribution >= 4 is 11.4 Å². The second-order valence-electron chi connectivity index (χ2n) is 7.56. The van der Waals surface area contributed by atoms with Crippen LogP contribution in [0.5, 0.6) is 0 Å². The van der Waals surface area contributed by atoms with Crippen LogP contribution in [0.1, 0.15) is 51.8 Å². The smallest absolute Gasteiger partial charge is 0.214 e. The average molecular weight is 385 g/mol. The molecule has 4 rings (SSSR count). The van der Waals surface area contributed by atoms with E-state index in [2.05, 4.69) is 28.7 Å². The summed E-state index contributed by atoms with van der Waals surface area (Å²) in [4.78, 5) is 15.9. The molecule has 1 saturated carbocycles. The maximum atomic E-state index is 13.6. The summed E-state index contributed by atoms with van der Waals surface area (Å²) in [5, 5.41) is 2.03. The van der Waals surface area contributed by atoms with E-state index in [1.54, 1.807) is 6.20 Å². The van der Waals surface area contributed by atoms with E-state index < -0.39 is 5.95 Å². The molecule has 3 heterocycles. The third-order valence-electron chi connectivity index (χ3n) is 6.04. The quantitative estimate of drug-likeness (QED) is 0.740. The van der Waals surface area contributed by atoms with Gasteiger partial charge in [-0.05, 0) is 44.8 Å². The van der Waals surface area contributed by atoms with E-state index in [-0.39, 0.29) is 0 Å². The molecule has 1 aliphatic heterocycles. The van der Waals surface area contributed by atoms with Crippen LogP contribution < -0.4 is 5.01 Å². The molecule has 0 N–H and O–H groups in total. The van der Waals surface area contributed by atoms with Gasteiger partial charge in [0.2, 0.25) is 5.95 Å². The molecule has 28 heavy (non-hydrogen) atoms. The zero-order valence-corrected chi connectivity index (χ0v) is 16.8. The Bertz CT molecular complexity index is 820. The van der Waals surface area contributed by atoms with E-state index in [4.69, 9.17) is 4.99 Å². The van der Waals surface area contributed by atoms with Crippen LogP contribution in [0.3, 0.4) is 0 Å². The molecule has 0 unspecified atom stereocenters. The third kappa shape index (κ3) is 3.81. The molecule has 0 radical (unpaired) electrons. The van der Waals surface area contributed by atoms with E-state index >= 15 is 0 Å². The first kappa shape index (κ1) is 19.1. The normalized spacial score (nSPS) is 24.0. The molecule has 2 aromatic heterocycles. The fourth-order valence-electron chi connectivity index (χ4n) is 4.57. The first-order valence-corrected chi connectivity index (χ1v) is 10.4. The van der Waals surface area contributed by atoms with Gasteiger partial charge >= 0.3 is 0 Å². The average Bonchev–Trinajstić information content (AvgIpc) is 3.21. The second-order valence-corrected chi connectivity index (χ2v) is 7.56. The number of aromatic nitrogens is 3. The van der Waals surface area contributed by atoms with Gasteiger partial charge in [-0.1, -0.05) is 13.8 Å². The van der Waals surface area contributed by atoms with Gasteiger partial charge in [-0.3, -0.25) is 10.0 Å². The Morgan fingerprint density at radius 1 is 1.14 bits per heavy atom. The number of aliphatic imine (C=N–C) groups is 1. The molecule has 0 amide bonds. The maximum absolute atomic E-state index is 13.6. The lowest BCUT2D eigenvalue weighted by Crippen LogP contribution is -2.40. The Morgan fingerprint density at radius 3 is 2.64 bits per heavy atom. The molecular weight excluding hydrogens is 355 g/mol. The summed E-state index contributed by atoms with van der Waals surface area (Å²) in [5.41, 5.74) is 1.85. The first-order chi connectivity index (χ1) is 13.7. The standard InChI is InChI=1S/C21H29FN6/c1-3-26(4-2)17-7-5-16(6-8-17)25-19-10-13-27(28-14-12-24-21(19)28)18-9-11-23-20(22)15-18/h9,11-12,14-17H,3-8,10,13H2,1-2H3. The summed E-state index contributed by atoms with van der Waals surface area (Å²) in [6.07, 6.45) is 10.8. The highest BCUT2D eigenvalue weighted by molar-refractivity contribution is 5.99. The summed E-state index contributed by atoms with van der Waals surface area (Å²) in [6.45, 7) is 7.50. The van der Waals surface area contributed by atoms with Gasteiger partial charge in [0.15, 0.2) is 5.82 Å². The molecule has 0 atom stereocenters. The molecule has 0 bridgehead atoms. The lowest BCUT2D eigenvalue weighted by molar-refractivity contribution is 0.165. The molecule has 1 aliphatic carbocycles. The number of fused-ring (bicyclic) bond motifs is 1. The van der Waals surface area contributed by atoms with Crippen molar-refractivity contribution in [2.75, 3.05) is 24.6 Å². The molecule has 0 spiro atoms. The van der Waals surface area contributed by atoms with Crippen molar-refractivity contribution in [3.05, 3.63) is 42.5 Å². The van der Waals surface area contributed by atoms with Gasteiger partial charge in [-0.2, -0.15) is 4.39 Å². The number of nitrogens with zero attached hydrogens (tertiary/aromatic N) is 6. The molecule has 2 aromatic rings. The summed E-state index contributed by atoms with van der Waals surface area (Å²) >= 11 is 0. The topological polar surface area (TPSA) is 49.5 Å². The van der Waals surface area contributed by atoms with E-state index in [9.17, 15) is 4.39 Å². The minimum atomic E-state index is -0.469. The highest BCUT2D eigenvalue weighted by Crippen LogP contribution is 2.27. The van der Waals surface area contributed by atoms with E-state index in [0.717, 1.165) is 56.1 Å². The SMILES string of the molecule is CCN(CC)C1CCC(N=C2CCN(c3ccnc(F)c3)n3ccnc32)CC1. The van der Waals surface area contributed by atoms with Gasteiger partial charge in [0.1, 0.15) is 0 Å². The van der Waals surface area contributed by atoms with Gasteiger partial charge in [0.05, 0.1) is 17.4 Å². The van der Waals surface area contributed by atoms with E-state index in [1.807, 2.05) is 21.9 Å². The highest BCUT2D eigenvalue weighted by Gasteiger charge is 2.27. The number of pyridine rings is 1. The molecule has 0 saturated heterocycles. The van der Waals surface area contributed by atoms with Crippen molar-refractivity contribution in [1.29, 1.82) is 0 Å². The zero-order chi connectivity index (χ0) is 19.5. The fraction of sp³-hybridized carbons (Fsp3) is 0.571. The van der Waals surface area contributed by atoms with Crippen molar-refractivity contribution in [1.82, 2.24) is 19.5 Å². The van der Waals surface area contributed by atoms with Gasteiger partial charge in [0.25, 0.3) is 0 Å². The number of rotatable bonds is 5. The Hall–Kier alpha value is -2.28. The predicted octanol–water partition coefficient (Wildman–Crippen LogP) is 3.53. The molecule has 0 aromatic carbocycles. The van der Waals surface area contributed by atoms with Crippen molar-refractivity contribution < 1.29 is 4.39 Å². The van der Waals surface area contributed by atoms with Crippen molar-refractivity contribution in [3.63, 3.8) is 0 Å². The summed E-state index contributed by atoms with van der Waals surface area (Å²) in [5.74, 6) is 0.401. The van der Waals surface area contributed by atoms with Crippen molar-refractivity contribution in [3.8, 4) is 0 Å². The number of hydrogen-bond donors (Lipinski definition) is 0. The molecule has 2 aliphatic rings. The number of imidazole rings is 1. The zero-order valence-electron chi connectivity index (χ0n) is 16.8. The maximum Gasteiger partial charge on any atom is 0.214 e. The van der Waals surface area contributed by atoms with E-state index in [0.29, 0.717) is 12.1 Å².